The first-order valence-corrected chi connectivity index (χ1v) is 5.95. The van der Waals surface area contributed by atoms with Crippen LogP contribution in [0.25, 0.3) is 0 Å². The molecule has 16 heavy (non-hydrogen) atoms. The predicted molar refractivity (Wildman–Crippen MR) is 68.6 cm³/mol. The minimum Gasteiger partial charge on any atom is -0.374 e. The zero-order chi connectivity index (χ0) is 11.8. The Kier molecular flexibility index (Phi) is 5.42. The van der Waals surface area contributed by atoms with Gasteiger partial charge in [0.15, 0.2) is 0 Å². The molecule has 1 aromatic carbocycles. The molecule has 0 saturated carbocycles. The van der Waals surface area contributed by atoms with E-state index in [1.807, 2.05) is 7.05 Å². The summed E-state index contributed by atoms with van der Waals surface area (Å²) in [4.78, 5) is 2.12. The highest BCUT2D eigenvalue weighted by Crippen LogP contribution is 2.15. The van der Waals surface area contributed by atoms with Crippen LogP contribution in [0.2, 0.25) is 0 Å². The summed E-state index contributed by atoms with van der Waals surface area (Å²) in [6.07, 6.45) is 4.24. The lowest BCUT2D eigenvalue weighted by Gasteiger charge is -2.17. The van der Waals surface area contributed by atoms with Gasteiger partial charge < -0.3 is 4.90 Å². The second-order valence-corrected chi connectivity index (χ2v) is 4.10. The molecule has 0 atom stereocenters. The van der Waals surface area contributed by atoms with Gasteiger partial charge in [0.1, 0.15) is 0 Å². The maximum absolute atomic E-state index is 8.53. The van der Waals surface area contributed by atoms with Crippen molar-refractivity contribution in [3.8, 4) is 6.07 Å². The van der Waals surface area contributed by atoms with E-state index in [1.165, 1.54) is 30.5 Å². The number of unbranched alkanes of at least 4 members (excludes halogenated alkanes) is 1. The number of benzene rings is 1. The Balaban J connectivity index is 2.53. The molecule has 0 aromatic heterocycles. The number of hydrogen-bond acceptors (Lipinski definition) is 2. The van der Waals surface area contributed by atoms with Crippen molar-refractivity contribution in [1.82, 2.24) is 0 Å². The summed E-state index contributed by atoms with van der Waals surface area (Å²) < 4.78 is 0. The van der Waals surface area contributed by atoms with Crippen molar-refractivity contribution in [3.05, 3.63) is 29.8 Å². The van der Waals surface area contributed by atoms with Crippen molar-refractivity contribution >= 4 is 5.69 Å². The quantitative estimate of drug-likeness (QED) is 0.729. The van der Waals surface area contributed by atoms with Crippen LogP contribution in [0.1, 0.15) is 31.7 Å². The van der Waals surface area contributed by atoms with Gasteiger partial charge in [-0.2, -0.15) is 5.26 Å². The Hall–Kier alpha value is -1.49. The van der Waals surface area contributed by atoms with E-state index in [0.717, 1.165) is 6.54 Å². The third-order valence-electron chi connectivity index (χ3n) is 2.76. The molecule has 1 rings (SSSR count). The molecule has 0 N–H and O–H groups in total. The van der Waals surface area contributed by atoms with Gasteiger partial charge in [0.2, 0.25) is 0 Å². The van der Waals surface area contributed by atoms with Gasteiger partial charge in [-0.25, -0.2) is 0 Å². The predicted octanol–water partition coefficient (Wildman–Crippen LogP) is 3.38. The summed E-state index contributed by atoms with van der Waals surface area (Å²) in [5.74, 6) is 0. The number of nitriles is 1. The normalized spacial score (nSPS) is 9.81. The molecule has 0 saturated heterocycles. The van der Waals surface area contributed by atoms with Crippen LogP contribution in [0.4, 0.5) is 5.69 Å². The molecule has 0 radical (unpaired) electrons. The van der Waals surface area contributed by atoms with Crippen molar-refractivity contribution in [3.63, 3.8) is 0 Å². The molecule has 0 aliphatic heterocycles. The van der Waals surface area contributed by atoms with E-state index < -0.39 is 0 Å². The third-order valence-corrected chi connectivity index (χ3v) is 2.76. The molecule has 0 fully saturated rings. The molecule has 2 heteroatoms. The number of nitrogens with zero attached hydrogens (tertiary/aromatic N) is 2. The molecule has 0 bridgehead atoms. The number of hydrogen-bond donors (Lipinski definition) is 0. The maximum Gasteiger partial charge on any atom is 0.0640 e. The van der Waals surface area contributed by atoms with E-state index in [2.05, 4.69) is 42.2 Å². The second-order valence-electron chi connectivity index (χ2n) is 4.10. The van der Waals surface area contributed by atoms with E-state index in [4.69, 9.17) is 5.26 Å². The molecule has 0 aliphatic carbocycles. The van der Waals surface area contributed by atoms with Gasteiger partial charge in [0.05, 0.1) is 12.5 Å². The second kappa shape index (κ2) is 6.90. The minimum atomic E-state index is 0.577. The zero-order valence-electron chi connectivity index (χ0n) is 10.2. The fourth-order valence-electron chi connectivity index (χ4n) is 1.64. The van der Waals surface area contributed by atoms with Crippen molar-refractivity contribution in [2.24, 2.45) is 0 Å². The SMILES string of the molecule is CCCCc1ccc(N(C)CCC#N)cc1. The first-order chi connectivity index (χ1) is 7.77. The van der Waals surface area contributed by atoms with Crippen LogP contribution in [0.5, 0.6) is 0 Å². The largest absolute Gasteiger partial charge is 0.374 e. The summed E-state index contributed by atoms with van der Waals surface area (Å²) in [6.45, 7) is 3.01. The number of rotatable bonds is 6. The summed E-state index contributed by atoms with van der Waals surface area (Å²) in [5, 5.41) is 8.53. The zero-order valence-corrected chi connectivity index (χ0v) is 10.2. The number of anilines is 1. The summed E-state index contributed by atoms with van der Waals surface area (Å²) >= 11 is 0. The Morgan fingerprint density at radius 3 is 2.50 bits per heavy atom. The Morgan fingerprint density at radius 2 is 1.94 bits per heavy atom. The van der Waals surface area contributed by atoms with Gasteiger partial charge in [0, 0.05) is 19.3 Å². The van der Waals surface area contributed by atoms with Crippen LogP contribution in [-0.4, -0.2) is 13.6 Å². The van der Waals surface area contributed by atoms with Crippen molar-refractivity contribution in [2.75, 3.05) is 18.5 Å². The number of aryl methyl sites for hydroxylation is 1. The van der Waals surface area contributed by atoms with Crippen LogP contribution in [0.3, 0.4) is 0 Å². The van der Waals surface area contributed by atoms with E-state index in [1.54, 1.807) is 0 Å². The lowest BCUT2D eigenvalue weighted by molar-refractivity contribution is 0.794. The van der Waals surface area contributed by atoms with Crippen LogP contribution in [0.15, 0.2) is 24.3 Å². The highest BCUT2D eigenvalue weighted by Gasteiger charge is 2.00. The highest BCUT2D eigenvalue weighted by molar-refractivity contribution is 5.46. The lowest BCUT2D eigenvalue weighted by Crippen LogP contribution is -2.17. The standard InChI is InChI=1S/C14H20N2/c1-3-4-6-13-7-9-14(10-8-13)16(2)12-5-11-15/h7-10H,3-6,12H2,1-2H3. The molecular formula is C14H20N2. The van der Waals surface area contributed by atoms with Crippen molar-refractivity contribution in [2.45, 2.75) is 32.6 Å². The lowest BCUT2D eigenvalue weighted by atomic mass is 10.1. The topological polar surface area (TPSA) is 27.0 Å². The summed E-state index contributed by atoms with van der Waals surface area (Å²) in [7, 11) is 2.03. The molecule has 0 heterocycles. The molecule has 0 aliphatic rings. The summed E-state index contributed by atoms with van der Waals surface area (Å²) in [6, 6.07) is 10.8. The van der Waals surface area contributed by atoms with Crippen LogP contribution in [0, 0.1) is 11.3 Å². The van der Waals surface area contributed by atoms with Gasteiger partial charge in [-0.05, 0) is 30.5 Å². The fraction of sp³-hybridized carbons (Fsp3) is 0.500. The van der Waals surface area contributed by atoms with Crippen LogP contribution < -0.4 is 4.90 Å². The van der Waals surface area contributed by atoms with Crippen molar-refractivity contribution < 1.29 is 0 Å². The van der Waals surface area contributed by atoms with Gasteiger partial charge in [-0.3, -0.25) is 0 Å². The van der Waals surface area contributed by atoms with Crippen molar-refractivity contribution in [1.29, 1.82) is 5.26 Å². The van der Waals surface area contributed by atoms with Crippen LogP contribution >= 0.6 is 0 Å². The first-order valence-electron chi connectivity index (χ1n) is 5.95. The monoisotopic (exact) mass is 216 g/mol. The molecule has 0 unspecified atom stereocenters. The van der Waals surface area contributed by atoms with E-state index in [0.29, 0.717) is 6.42 Å². The Bertz CT molecular complexity index is 335. The smallest absolute Gasteiger partial charge is 0.0640 e. The first kappa shape index (κ1) is 12.6. The third kappa shape index (κ3) is 3.94. The van der Waals surface area contributed by atoms with E-state index in [9.17, 15) is 0 Å². The fourth-order valence-corrected chi connectivity index (χ4v) is 1.64. The average Bonchev–Trinajstić information content (AvgIpc) is 2.34. The van der Waals surface area contributed by atoms with Gasteiger partial charge in [-0.15, -0.1) is 0 Å². The van der Waals surface area contributed by atoms with E-state index >= 15 is 0 Å². The Morgan fingerprint density at radius 1 is 1.25 bits per heavy atom. The van der Waals surface area contributed by atoms with Crippen LogP contribution in [-0.2, 0) is 6.42 Å². The van der Waals surface area contributed by atoms with E-state index in [-0.39, 0.29) is 0 Å². The van der Waals surface area contributed by atoms with Gasteiger partial charge in [0.25, 0.3) is 0 Å². The molecule has 1 aromatic rings. The maximum atomic E-state index is 8.53. The molecule has 86 valence electrons. The molecular weight excluding hydrogens is 196 g/mol. The molecule has 2 nitrogen and oxygen atoms in total. The van der Waals surface area contributed by atoms with Gasteiger partial charge in [-0.1, -0.05) is 25.5 Å². The molecule has 0 amide bonds. The molecule has 0 spiro atoms. The highest BCUT2D eigenvalue weighted by atomic mass is 15.1. The Labute approximate surface area is 98.5 Å². The summed E-state index contributed by atoms with van der Waals surface area (Å²) in [5.41, 5.74) is 2.59. The average molecular weight is 216 g/mol. The minimum absolute atomic E-state index is 0.577. The van der Waals surface area contributed by atoms with Gasteiger partial charge >= 0.3 is 0 Å².